The lowest BCUT2D eigenvalue weighted by Gasteiger charge is -2.31. The molecule has 1 aromatic heterocycles. The predicted octanol–water partition coefficient (Wildman–Crippen LogP) is 4.88. The Bertz CT molecular complexity index is 1390. The van der Waals surface area contributed by atoms with Crippen LogP contribution in [0.5, 0.6) is 5.75 Å². The highest BCUT2D eigenvalue weighted by Gasteiger charge is 2.34. The van der Waals surface area contributed by atoms with Gasteiger partial charge in [0.05, 0.1) is 11.6 Å². The molecule has 0 aliphatic carbocycles. The van der Waals surface area contributed by atoms with E-state index < -0.39 is 0 Å². The van der Waals surface area contributed by atoms with Crippen molar-refractivity contribution in [2.75, 3.05) is 32.8 Å². The number of amides is 1. The molecule has 0 radical (unpaired) electrons. The molecule has 7 rings (SSSR count). The van der Waals surface area contributed by atoms with Crippen LogP contribution in [0.15, 0.2) is 48.5 Å². The minimum Gasteiger partial charge on any atom is -0.489 e. The van der Waals surface area contributed by atoms with Crippen LogP contribution in [0.25, 0.3) is 10.9 Å². The zero-order valence-corrected chi connectivity index (χ0v) is 23.5. The number of hydrogen-bond acceptors (Lipinski definition) is 6. The Labute approximate surface area is 236 Å². The normalized spacial score (nSPS) is 27.3. The maximum atomic E-state index is 13.0. The molecule has 0 spiro atoms. The van der Waals surface area contributed by atoms with E-state index in [1.807, 2.05) is 17.0 Å². The number of nitrogens with zero attached hydrogens (tertiary/aromatic N) is 3. The number of benzene rings is 2. The lowest BCUT2D eigenvalue weighted by atomic mass is 9.92. The van der Waals surface area contributed by atoms with Gasteiger partial charge < -0.3 is 19.7 Å². The van der Waals surface area contributed by atoms with Crippen molar-refractivity contribution in [1.29, 1.82) is 0 Å². The Balaban J connectivity index is 0.956. The molecule has 0 bridgehead atoms. The summed E-state index contributed by atoms with van der Waals surface area (Å²) in [5, 5.41) is 4.64. The summed E-state index contributed by atoms with van der Waals surface area (Å²) in [5.74, 6) is 1.55. The number of piperidine rings is 1. The zero-order chi connectivity index (χ0) is 27.1. The van der Waals surface area contributed by atoms with Gasteiger partial charge in [0.25, 0.3) is 5.91 Å². The van der Waals surface area contributed by atoms with Gasteiger partial charge in [0, 0.05) is 67.9 Å². The highest BCUT2D eigenvalue weighted by Crippen LogP contribution is 2.32. The third-order valence-electron chi connectivity index (χ3n) is 9.24. The minimum absolute atomic E-state index is 0.167. The molecule has 4 aliphatic rings. The third kappa shape index (κ3) is 5.35. The summed E-state index contributed by atoms with van der Waals surface area (Å²) in [7, 11) is 0. The number of carbonyl (C=O) groups is 1. The first-order valence-corrected chi connectivity index (χ1v) is 15.1. The number of rotatable bonds is 6. The molecule has 2 aromatic carbocycles. The van der Waals surface area contributed by atoms with Gasteiger partial charge in [-0.1, -0.05) is 12.1 Å². The van der Waals surface area contributed by atoms with Crippen LogP contribution in [0.2, 0.25) is 0 Å². The highest BCUT2D eigenvalue weighted by molar-refractivity contribution is 5.98. The average Bonchev–Trinajstić information content (AvgIpc) is 3.56. The molecule has 3 saturated heterocycles. The lowest BCUT2D eigenvalue weighted by molar-refractivity contribution is 0.0180. The number of carbonyl (C=O) groups excluding carboxylic acids is 1. The molecular weight excluding hydrogens is 500 g/mol. The SMILES string of the molecule is C[C@@H]1CC(c2ccc3cc(CN4CC[C@H](Oc5ccc6c(c5)CN(C5CCCNC5)C6=O)C4)ccc3n2)CCO1. The monoisotopic (exact) mass is 540 g/mol. The molecule has 40 heavy (non-hydrogen) atoms. The first-order chi connectivity index (χ1) is 19.6. The second kappa shape index (κ2) is 11.1. The maximum Gasteiger partial charge on any atom is 0.254 e. The average molecular weight is 541 g/mol. The highest BCUT2D eigenvalue weighted by atomic mass is 16.5. The van der Waals surface area contributed by atoms with Gasteiger partial charge >= 0.3 is 0 Å². The largest absolute Gasteiger partial charge is 0.489 e. The third-order valence-corrected chi connectivity index (χ3v) is 9.24. The molecule has 5 heterocycles. The van der Waals surface area contributed by atoms with Crippen molar-refractivity contribution in [1.82, 2.24) is 20.1 Å². The molecule has 4 aliphatic heterocycles. The molecule has 1 amide bonds. The van der Waals surface area contributed by atoms with Crippen LogP contribution in [0, 0.1) is 0 Å². The van der Waals surface area contributed by atoms with Crippen molar-refractivity contribution in [3.63, 3.8) is 0 Å². The fourth-order valence-electron chi connectivity index (χ4n) is 7.06. The van der Waals surface area contributed by atoms with Crippen molar-refractivity contribution < 1.29 is 14.3 Å². The Hall–Kier alpha value is -3.00. The van der Waals surface area contributed by atoms with Crippen LogP contribution < -0.4 is 10.1 Å². The summed E-state index contributed by atoms with van der Waals surface area (Å²) in [6.07, 6.45) is 5.81. The van der Waals surface area contributed by atoms with Gasteiger partial charge in [-0.2, -0.15) is 0 Å². The second-order valence-electron chi connectivity index (χ2n) is 12.2. The number of aromatic nitrogens is 1. The van der Waals surface area contributed by atoms with Crippen LogP contribution in [0.1, 0.15) is 72.1 Å². The summed E-state index contributed by atoms with van der Waals surface area (Å²) in [6.45, 7) is 8.47. The number of fused-ring (bicyclic) bond motifs is 2. The summed E-state index contributed by atoms with van der Waals surface area (Å²) >= 11 is 0. The van der Waals surface area contributed by atoms with Crippen molar-refractivity contribution >= 4 is 16.8 Å². The molecule has 0 saturated carbocycles. The Morgan fingerprint density at radius 1 is 1.10 bits per heavy atom. The smallest absolute Gasteiger partial charge is 0.254 e. The molecule has 7 heteroatoms. The van der Waals surface area contributed by atoms with Crippen molar-refractivity contribution in [3.05, 3.63) is 70.9 Å². The fourth-order valence-corrected chi connectivity index (χ4v) is 7.06. The van der Waals surface area contributed by atoms with E-state index in [4.69, 9.17) is 14.5 Å². The predicted molar refractivity (Wildman–Crippen MR) is 156 cm³/mol. The number of likely N-dealkylation sites (tertiary alicyclic amines) is 1. The van der Waals surface area contributed by atoms with Gasteiger partial charge in [0.2, 0.25) is 0 Å². The second-order valence-corrected chi connectivity index (χ2v) is 12.2. The summed E-state index contributed by atoms with van der Waals surface area (Å²) in [4.78, 5) is 22.5. The fraction of sp³-hybridized carbons (Fsp3) is 0.515. The van der Waals surface area contributed by atoms with Crippen LogP contribution >= 0.6 is 0 Å². The molecule has 2 unspecified atom stereocenters. The van der Waals surface area contributed by atoms with E-state index in [0.29, 0.717) is 24.6 Å². The van der Waals surface area contributed by atoms with Gasteiger partial charge in [0.1, 0.15) is 11.9 Å². The van der Waals surface area contributed by atoms with Crippen LogP contribution in [-0.2, 0) is 17.8 Å². The molecule has 3 fully saturated rings. The molecule has 3 aromatic rings. The number of hydrogen-bond donors (Lipinski definition) is 1. The first kappa shape index (κ1) is 25.9. The van der Waals surface area contributed by atoms with Crippen molar-refractivity contribution in [3.8, 4) is 5.75 Å². The van der Waals surface area contributed by atoms with Gasteiger partial charge in [0.15, 0.2) is 0 Å². The summed E-state index contributed by atoms with van der Waals surface area (Å²) < 4.78 is 12.2. The van der Waals surface area contributed by atoms with E-state index in [-0.39, 0.29) is 12.0 Å². The van der Waals surface area contributed by atoms with Gasteiger partial charge in [-0.15, -0.1) is 0 Å². The quantitative estimate of drug-likeness (QED) is 0.481. The van der Waals surface area contributed by atoms with E-state index in [0.717, 1.165) is 93.8 Å². The Kier molecular flexibility index (Phi) is 7.20. The summed E-state index contributed by atoms with van der Waals surface area (Å²) in [5.41, 5.74) is 5.53. The topological polar surface area (TPSA) is 66.9 Å². The standard InChI is InChI=1S/C33H40N4O3/c1-22-15-25(11-14-39-22)32-9-5-24-16-23(4-8-31(24)35-32)19-36-13-10-29(21-36)40-28-6-7-30-26(17-28)20-37(33(30)38)27-3-2-12-34-18-27/h4-9,16-17,22,25,27,29,34H,2-3,10-15,18-21H2,1H3/t22-,25?,27?,29+/m1/s1. The first-order valence-electron chi connectivity index (χ1n) is 15.1. The number of ether oxygens (including phenoxy) is 2. The molecular formula is C33H40N4O3. The maximum absolute atomic E-state index is 13.0. The van der Waals surface area contributed by atoms with E-state index in [9.17, 15) is 4.79 Å². The van der Waals surface area contributed by atoms with E-state index in [1.54, 1.807) is 0 Å². The van der Waals surface area contributed by atoms with E-state index in [2.05, 4.69) is 53.5 Å². The van der Waals surface area contributed by atoms with Gasteiger partial charge in [-0.3, -0.25) is 14.7 Å². The van der Waals surface area contributed by atoms with E-state index in [1.165, 1.54) is 16.6 Å². The molecule has 4 atom stereocenters. The number of nitrogens with one attached hydrogen (secondary N) is 1. The van der Waals surface area contributed by atoms with E-state index >= 15 is 0 Å². The number of pyridine rings is 1. The van der Waals surface area contributed by atoms with Crippen LogP contribution in [0.3, 0.4) is 0 Å². The van der Waals surface area contributed by atoms with Crippen molar-refractivity contribution in [2.45, 2.75) is 76.3 Å². The molecule has 7 nitrogen and oxygen atoms in total. The Morgan fingerprint density at radius 3 is 2.92 bits per heavy atom. The van der Waals surface area contributed by atoms with Crippen LogP contribution in [0.4, 0.5) is 0 Å². The minimum atomic E-state index is 0.167. The zero-order valence-electron chi connectivity index (χ0n) is 23.5. The Morgan fingerprint density at radius 2 is 2.05 bits per heavy atom. The van der Waals surface area contributed by atoms with Crippen LogP contribution in [-0.4, -0.2) is 71.7 Å². The lowest BCUT2D eigenvalue weighted by Crippen LogP contribution is -2.46. The van der Waals surface area contributed by atoms with Gasteiger partial charge in [-0.05, 0) is 93.1 Å². The van der Waals surface area contributed by atoms with Crippen molar-refractivity contribution in [2.24, 2.45) is 0 Å². The molecule has 210 valence electrons. The summed E-state index contributed by atoms with van der Waals surface area (Å²) in [6, 6.07) is 17.5. The molecule has 1 N–H and O–H groups in total. The van der Waals surface area contributed by atoms with Gasteiger partial charge in [-0.25, -0.2) is 0 Å².